The first-order chi connectivity index (χ1) is 6.70. The minimum absolute atomic E-state index is 0.283. The van der Waals surface area contributed by atoms with Crippen LogP contribution in [0.5, 0.6) is 0 Å². The van der Waals surface area contributed by atoms with Crippen molar-refractivity contribution < 1.29 is 0 Å². The molecule has 0 fully saturated rings. The topological polar surface area (TPSA) is 62.3 Å². The van der Waals surface area contributed by atoms with Crippen molar-refractivity contribution in [2.75, 3.05) is 0 Å². The second-order valence-corrected chi connectivity index (χ2v) is 3.69. The van der Waals surface area contributed by atoms with Crippen molar-refractivity contribution in [2.24, 2.45) is 0 Å². The van der Waals surface area contributed by atoms with Crippen LogP contribution in [-0.4, -0.2) is 25.0 Å². The van der Waals surface area contributed by atoms with Gasteiger partial charge in [0.15, 0.2) is 10.6 Å². The van der Waals surface area contributed by atoms with Gasteiger partial charge in [0.25, 0.3) is 0 Å². The molecule has 0 saturated heterocycles. The first-order valence-electron chi connectivity index (χ1n) is 4.36. The van der Waals surface area contributed by atoms with Crippen molar-refractivity contribution in [3.05, 3.63) is 17.2 Å². The van der Waals surface area contributed by atoms with E-state index in [1.165, 1.54) is 0 Å². The highest BCUT2D eigenvalue weighted by molar-refractivity contribution is 7.71. The Morgan fingerprint density at radius 2 is 2.29 bits per heavy atom. The Kier molecular flexibility index (Phi) is 2.20. The summed E-state index contributed by atoms with van der Waals surface area (Å²) in [6, 6.07) is 0.283. The highest BCUT2D eigenvalue weighted by Gasteiger charge is 2.11. The molecule has 0 atom stereocenters. The summed E-state index contributed by atoms with van der Waals surface area (Å²) in [6.45, 7) is 4.13. The maximum absolute atomic E-state index is 5.14. The van der Waals surface area contributed by atoms with Crippen molar-refractivity contribution >= 4 is 12.2 Å². The van der Waals surface area contributed by atoms with Crippen molar-refractivity contribution in [2.45, 2.75) is 19.9 Å². The zero-order valence-corrected chi connectivity index (χ0v) is 8.80. The van der Waals surface area contributed by atoms with Gasteiger partial charge in [-0.3, -0.25) is 14.8 Å². The number of H-pyrrole nitrogens is 2. The molecule has 0 aliphatic heterocycles. The summed E-state index contributed by atoms with van der Waals surface area (Å²) in [5.74, 6) is 0.818. The first kappa shape index (κ1) is 9.14. The predicted octanol–water partition coefficient (Wildman–Crippen LogP) is 1.91. The van der Waals surface area contributed by atoms with Crippen LogP contribution in [0.1, 0.15) is 19.9 Å². The normalized spacial score (nSPS) is 11.1. The van der Waals surface area contributed by atoms with Crippen molar-refractivity contribution in [3.8, 4) is 11.4 Å². The Morgan fingerprint density at radius 1 is 1.50 bits per heavy atom. The molecule has 0 unspecified atom stereocenters. The number of hydrogen-bond donors (Lipinski definition) is 2. The van der Waals surface area contributed by atoms with E-state index in [9.17, 15) is 0 Å². The molecule has 2 aromatic heterocycles. The highest BCUT2D eigenvalue weighted by Crippen LogP contribution is 2.18. The van der Waals surface area contributed by atoms with E-state index in [0.717, 1.165) is 11.4 Å². The van der Waals surface area contributed by atoms with Crippen LogP contribution in [0.4, 0.5) is 0 Å². The van der Waals surface area contributed by atoms with Gasteiger partial charge < -0.3 is 0 Å². The van der Waals surface area contributed by atoms with Crippen LogP contribution < -0.4 is 0 Å². The molecule has 2 rings (SSSR count). The molecule has 0 aromatic carbocycles. The van der Waals surface area contributed by atoms with Gasteiger partial charge in [0.2, 0.25) is 0 Å². The number of rotatable bonds is 2. The molecule has 0 aliphatic carbocycles. The van der Waals surface area contributed by atoms with Crippen molar-refractivity contribution in [1.29, 1.82) is 0 Å². The highest BCUT2D eigenvalue weighted by atomic mass is 32.1. The SMILES string of the molecule is CC(C)n1c(-c2cn[nH]c2)n[nH]c1=S. The lowest BCUT2D eigenvalue weighted by Gasteiger charge is -2.08. The van der Waals surface area contributed by atoms with E-state index in [-0.39, 0.29) is 6.04 Å². The second kappa shape index (κ2) is 3.38. The Labute approximate surface area is 86.2 Å². The van der Waals surface area contributed by atoms with E-state index in [0.29, 0.717) is 4.77 Å². The second-order valence-electron chi connectivity index (χ2n) is 3.30. The molecule has 0 amide bonds. The van der Waals surface area contributed by atoms with Gasteiger partial charge in [-0.25, -0.2) is 0 Å². The fraction of sp³-hybridized carbons (Fsp3) is 0.375. The molecule has 5 nitrogen and oxygen atoms in total. The van der Waals surface area contributed by atoms with Gasteiger partial charge >= 0.3 is 0 Å². The Balaban J connectivity index is 2.60. The Morgan fingerprint density at radius 3 is 2.86 bits per heavy atom. The summed E-state index contributed by atoms with van der Waals surface area (Å²) in [7, 11) is 0. The number of nitrogens with one attached hydrogen (secondary N) is 2. The standard InChI is InChI=1S/C8H11N5S/c1-5(2)13-7(11-12-8(13)14)6-3-9-10-4-6/h3-5H,1-2H3,(H,9,10)(H,12,14). The third-order valence-electron chi connectivity index (χ3n) is 1.98. The molecular weight excluding hydrogens is 198 g/mol. The zero-order valence-electron chi connectivity index (χ0n) is 7.98. The molecule has 2 heterocycles. The van der Waals surface area contributed by atoms with Crippen LogP contribution in [0.15, 0.2) is 12.4 Å². The molecule has 0 bridgehead atoms. The number of aromatic nitrogens is 5. The first-order valence-corrected chi connectivity index (χ1v) is 4.77. The van der Waals surface area contributed by atoms with E-state index in [1.54, 1.807) is 12.4 Å². The Hall–Kier alpha value is -1.43. The van der Waals surface area contributed by atoms with Crippen LogP contribution in [0.25, 0.3) is 11.4 Å². The van der Waals surface area contributed by atoms with Gasteiger partial charge in [-0.15, -0.1) is 0 Å². The van der Waals surface area contributed by atoms with Crippen LogP contribution in [-0.2, 0) is 0 Å². The lowest BCUT2D eigenvalue weighted by Crippen LogP contribution is -2.02. The summed E-state index contributed by atoms with van der Waals surface area (Å²) in [5, 5.41) is 13.6. The average molecular weight is 209 g/mol. The molecule has 0 spiro atoms. The molecule has 74 valence electrons. The largest absolute Gasteiger partial charge is 0.298 e. The summed E-state index contributed by atoms with van der Waals surface area (Å²) < 4.78 is 2.59. The van der Waals surface area contributed by atoms with Gasteiger partial charge in [0.1, 0.15) is 0 Å². The molecule has 2 aromatic rings. The third kappa shape index (κ3) is 1.37. The van der Waals surface area contributed by atoms with Gasteiger partial charge in [0.05, 0.1) is 11.8 Å². The van der Waals surface area contributed by atoms with E-state index >= 15 is 0 Å². The van der Waals surface area contributed by atoms with Crippen LogP contribution in [0.3, 0.4) is 0 Å². The Bertz CT molecular complexity index is 464. The lowest BCUT2D eigenvalue weighted by molar-refractivity contribution is 0.597. The molecule has 14 heavy (non-hydrogen) atoms. The zero-order chi connectivity index (χ0) is 10.1. The lowest BCUT2D eigenvalue weighted by atomic mass is 10.3. The van der Waals surface area contributed by atoms with Crippen molar-refractivity contribution in [3.63, 3.8) is 0 Å². The quantitative estimate of drug-likeness (QED) is 0.743. The number of aromatic amines is 2. The molecule has 0 saturated carbocycles. The predicted molar refractivity (Wildman–Crippen MR) is 55.4 cm³/mol. The molecule has 0 radical (unpaired) electrons. The van der Waals surface area contributed by atoms with E-state index in [4.69, 9.17) is 12.2 Å². The van der Waals surface area contributed by atoms with Gasteiger partial charge in [0, 0.05) is 12.2 Å². The average Bonchev–Trinajstić information content (AvgIpc) is 2.70. The third-order valence-corrected chi connectivity index (χ3v) is 2.27. The molecule has 0 aliphatic rings. The summed E-state index contributed by atoms with van der Waals surface area (Å²) >= 11 is 5.14. The summed E-state index contributed by atoms with van der Waals surface area (Å²) in [5.41, 5.74) is 0.936. The monoisotopic (exact) mass is 209 g/mol. The molecule has 2 N–H and O–H groups in total. The number of hydrogen-bond acceptors (Lipinski definition) is 3. The van der Waals surface area contributed by atoms with Crippen LogP contribution in [0.2, 0.25) is 0 Å². The van der Waals surface area contributed by atoms with Gasteiger partial charge in [-0.05, 0) is 26.1 Å². The summed E-state index contributed by atoms with van der Waals surface area (Å²) in [4.78, 5) is 0. The molecular formula is C8H11N5S. The van der Waals surface area contributed by atoms with Crippen LogP contribution >= 0.6 is 12.2 Å². The van der Waals surface area contributed by atoms with Gasteiger partial charge in [-0.1, -0.05) is 0 Å². The fourth-order valence-electron chi connectivity index (χ4n) is 1.36. The smallest absolute Gasteiger partial charge is 0.195 e. The minimum Gasteiger partial charge on any atom is -0.298 e. The van der Waals surface area contributed by atoms with Gasteiger partial charge in [-0.2, -0.15) is 10.2 Å². The maximum atomic E-state index is 5.14. The summed E-state index contributed by atoms with van der Waals surface area (Å²) in [6.07, 6.45) is 3.52. The van der Waals surface area contributed by atoms with E-state index in [1.807, 2.05) is 4.57 Å². The number of nitrogens with zero attached hydrogens (tertiary/aromatic N) is 3. The maximum Gasteiger partial charge on any atom is 0.195 e. The molecule has 6 heteroatoms. The van der Waals surface area contributed by atoms with E-state index in [2.05, 4.69) is 34.2 Å². The van der Waals surface area contributed by atoms with E-state index < -0.39 is 0 Å². The van der Waals surface area contributed by atoms with Crippen molar-refractivity contribution in [1.82, 2.24) is 25.0 Å². The minimum atomic E-state index is 0.283. The van der Waals surface area contributed by atoms with Crippen LogP contribution in [0, 0.1) is 4.77 Å². The fourth-order valence-corrected chi connectivity index (χ4v) is 1.70.